The van der Waals surface area contributed by atoms with Gasteiger partial charge in [-0.2, -0.15) is 0 Å². The van der Waals surface area contributed by atoms with E-state index < -0.39 is 0 Å². The molecule has 0 spiro atoms. The Morgan fingerprint density at radius 2 is 2.26 bits per heavy atom. The largest absolute Gasteiger partial charge is 0.384 e. The fourth-order valence-electron chi connectivity index (χ4n) is 1.20. The molecule has 0 atom stereocenters. The van der Waals surface area contributed by atoms with Gasteiger partial charge in [-0.1, -0.05) is 11.8 Å². The molecule has 0 aliphatic rings. The molecule has 5 heteroatoms. The monoisotopic (exact) mass is 281 g/mol. The number of rotatable bonds is 4. The van der Waals surface area contributed by atoms with Crippen molar-refractivity contribution >= 4 is 17.2 Å². The summed E-state index contributed by atoms with van der Waals surface area (Å²) in [6, 6.07) is 1.90. The number of hydrogen-bond donors (Lipinski definition) is 2. The van der Waals surface area contributed by atoms with Crippen LogP contribution in [0.4, 0.5) is 0 Å². The Kier molecular flexibility index (Phi) is 6.03. The van der Waals surface area contributed by atoms with Crippen LogP contribution in [0.5, 0.6) is 0 Å². The quantitative estimate of drug-likeness (QED) is 0.823. The third-order valence-electron chi connectivity index (χ3n) is 2.06. The van der Waals surface area contributed by atoms with Gasteiger partial charge in [0.2, 0.25) is 5.91 Å². The van der Waals surface area contributed by atoms with Crippen molar-refractivity contribution < 1.29 is 14.6 Å². The summed E-state index contributed by atoms with van der Waals surface area (Å²) in [5, 5.41) is 13.3. The predicted molar refractivity (Wildman–Crippen MR) is 75.8 cm³/mol. The van der Waals surface area contributed by atoms with E-state index in [1.54, 1.807) is 0 Å². The minimum Gasteiger partial charge on any atom is -0.384 e. The fourth-order valence-corrected chi connectivity index (χ4v) is 1.96. The van der Waals surface area contributed by atoms with Crippen LogP contribution in [0.2, 0.25) is 0 Å². The Morgan fingerprint density at radius 3 is 2.89 bits per heavy atom. The lowest BCUT2D eigenvalue weighted by Gasteiger charge is -2.18. The Labute approximate surface area is 117 Å². The van der Waals surface area contributed by atoms with Crippen molar-refractivity contribution in [2.75, 3.05) is 13.2 Å². The Balaban J connectivity index is 2.36. The van der Waals surface area contributed by atoms with Crippen LogP contribution < -0.4 is 5.32 Å². The van der Waals surface area contributed by atoms with E-state index >= 15 is 0 Å². The van der Waals surface area contributed by atoms with Crippen LogP contribution in [0.25, 0.3) is 0 Å². The zero-order chi connectivity index (χ0) is 14.3. The van der Waals surface area contributed by atoms with E-state index in [-0.39, 0.29) is 24.7 Å². The molecule has 4 nitrogen and oxygen atoms in total. The van der Waals surface area contributed by atoms with E-state index in [0.717, 1.165) is 10.4 Å². The molecule has 0 saturated heterocycles. The molecule has 1 aromatic heterocycles. The van der Waals surface area contributed by atoms with Gasteiger partial charge in [0.25, 0.3) is 0 Å². The highest BCUT2D eigenvalue weighted by Gasteiger charge is 2.12. The summed E-state index contributed by atoms with van der Waals surface area (Å²) >= 11 is 1.53. The summed E-state index contributed by atoms with van der Waals surface area (Å²) in [6.45, 7) is 6.11. The van der Waals surface area contributed by atoms with E-state index in [4.69, 9.17) is 9.84 Å². The van der Waals surface area contributed by atoms with E-state index in [1.165, 1.54) is 11.3 Å². The van der Waals surface area contributed by atoms with E-state index in [1.807, 2.05) is 32.2 Å². The predicted octanol–water partition coefficient (Wildman–Crippen LogP) is 1.52. The second-order valence-corrected chi connectivity index (χ2v) is 5.94. The van der Waals surface area contributed by atoms with Gasteiger partial charge in [-0.3, -0.25) is 4.79 Å². The first-order valence-corrected chi connectivity index (χ1v) is 6.86. The fraction of sp³-hybridized carbons (Fsp3) is 0.500. The highest BCUT2D eigenvalue weighted by atomic mass is 32.1. The van der Waals surface area contributed by atoms with Crippen LogP contribution in [-0.4, -0.2) is 29.8 Å². The second-order valence-electron chi connectivity index (χ2n) is 4.94. The maximum Gasteiger partial charge on any atom is 0.246 e. The standard InChI is InChI=1S/C14H19NO3S/c1-14(2,3)18-9-13(17)15-8-12-7-11(10-19-12)5-4-6-16/h7,10,16H,6,8-9H2,1-3H3,(H,15,17). The van der Waals surface area contributed by atoms with Gasteiger partial charge in [0, 0.05) is 15.8 Å². The summed E-state index contributed by atoms with van der Waals surface area (Å²) in [7, 11) is 0. The molecule has 1 heterocycles. The summed E-state index contributed by atoms with van der Waals surface area (Å²) in [6.07, 6.45) is 0. The molecular weight excluding hydrogens is 262 g/mol. The van der Waals surface area contributed by atoms with Crippen LogP contribution in [0.1, 0.15) is 31.2 Å². The molecule has 1 aromatic rings. The van der Waals surface area contributed by atoms with Gasteiger partial charge in [-0.05, 0) is 26.8 Å². The molecule has 0 bridgehead atoms. The molecule has 0 fully saturated rings. The molecular formula is C14H19NO3S. The first-order chi connectivity index (χ1) is 8.90. The van der Waals surface area contributed by atoms with Crippen molar-refractivity contribution in [3.8, 4) is 11.8 Å². The minimum absolute atomic E-state index is 0.0616. The van der Waals surface area contributed by atoms with Crippen LogP contribution in [0.3, 0.4) is 0 Å². The number of hydrogen-bond acceptors (Lipinski definition) is 4. The van der Waals surface area contributed by atoms with Gasteiger partial charge >= 0.3 is 0 Å². The average Bonchev–Trinajstić information content (AvgIpc) is 2.78. The molecule has 19 heavy (non-hydrogen) atoms. The molecule has 1 amide bonds. The maximum atomic E-state index is 11.5. The van der Waals surface area contributed by atoms with Gasteiger partial charge in [-0.15, -0.1) is 11.3 Å². The molecule has 0 aromatic carbocycles. The summed E-state index contributed by atoms with van der Waals surface area (Å²) < 4.78 is 5.38. The van der Waals surface area contributed by atoms with Gasteiger partial charge in [0.15, 0.2) is 0 Å². The van der Waals surface area contributed by atoms with Crippen molar-refractivity contribution in [1.29, 1.82) is 0 Å². The zero-order valence-electron chi connectivity index (χ0n) is 11.4. The lowest BCUT2D eigenvalue weighted by Crippen LogP contribution is -2.31. The van der Waals surface area contributed by atoms with Crippen LogP contribution >= 0.6 is 11.3 Å². The molecule has 1 rings (SSSR count). The van der Waals surface area contributed by atoms with Gasteiger partial charge in [0.1, 0.15) is 13.2 Å². The van der Waals surface area contributed by atoms with Crippen molar-refractivity contribution in [2.24, 2.45) is 0 Å². The second kappa shape index (κ2) is 7.29. The Hall–Kier alpha value is -1.35. The van der Waals surface area contributed by atoms with E-state index in [0.29, 0.717) is 6.54 Å². The van der Waals surface area contributed by atoms with Crippen molar-refractivity contribution in [2.45, 2.75) is 32.9 Å². The molecule has 0 saturated carbocycles. The Morgan fingerprint density at radius 1 is 1.53 bits per heavy atom. The minimum atomic E-state index is -0.312. The highest BCUT2D eigenvalue weighted by molar-refractivity contribution is 7.10. The lowest BCUT2D eigenvalue weighted by molar-refractivity contribution is -0.130. The van der Waals surface area contributed by atoms with Crippen LogP contribution in [-0.2, 0) is 16.1 Å². The van der Waals surface area contributed by atoms with E-state index in [2.05, 4.69) is 17.2 Å². The molecule has 2 N–H and O–H groups in total. The molecule has 0 aliphatic carbocycles. The Bertz CT molecular complexity index is 477. The number of carbonyl (C=O) groups excluding carboxylic acids is 1. The number of ether oxygens (including phenoxy) is 1. The zero-order valence-corrected chi connectivity index (χ0v) is 12.3. The highest BCUT2D eigenvalue weighted by Crippen LogP contribution is 2.13. The molecule has 0 aliphatic heterocycles. The SMILES string of the molecule is CC(C)(C)OCC(=O)NCc1cc(C#CCO)cs1. The van der Waals surface area contributed by atoms with Crippen molar-refractivity contribution in [3.63, 3.8) is 0 Å². The number of aliphatic hydroxyl groups is 1. The van der Waals surface area contributed by atoms with Gasteiger partial charge in [0.05, 0.1) is 12.1 Å². The van der Waals surface area contributed by atoms with Crippen molar-refractivity contribution in [1.82, 2.24) is 5.32 Å². The van der Waals surface area contributed by atoms with E-state index in [9.17, 15) is 4.79 Å². The first-order valence-electron chi connectivity index (χ1n) is 5.98. The summed E-state index contributed by atoms with van der Waals surface area (Å²) in [5.74, 6) is 5.27. The maximum absolute atomic E-state index is 11.5. The third kappa shape index (κ3) is 6.97. The molecule has 0 unspecified atom stereocenters. The number of amides is 1. The number of thiophene rings is 1. The van der Waals surface area contributed by atoms with Crippen LogP contribution in [0.15, 0.2) is 11.4 Å². The molecule has 0 radical (unpaired) electrons. The first kappa shape index (κ1) is 15.7. The van der Waals surface area contributed by atoms with Crippen LogP contribution in [0, 0.1) is 11.8 Å². The molecule has 104 valence electrons. The third-order valence-corrected chi connectivity index (χ3v) is 3.00. The average molecular weight is 281 g/mol. The number of nitrogens with one attached hydrogen (secondary N) is 1. The topological polar surface area (TPSA) is 58.6 Å². The van der Waals surface area contributed by atoms with Gasteiger partial charge in [-0.25, -0.2) is 0 Å². The smallest absolute Gasteiger partial charge is 0.246 e. The number of carbonyl (C=O) groups is 1. The summed E-state index contributed by atoms with van der Waals surface area (Å²) in [4.78, 5) is 12.6. The van der Waals surface area contributed by atoms with Crippen molar-refractivity contribution in [3.05, 3.63) is 21.9 Å². The summed E-state index contributed by atoms with van der Waals surface area (Å²) in [5.41, 5.74) is 0.544. The normalized spacial score (nSPS) is 10.7. The van der Waals surface area contributed by atoms with Gasteiger partial charge < -0.3 is 15.2 Å². The number of aliphatic hydroxyl groups excluding tert-OH is 1. The lowest BCUT2D eigenvalue weighted by atomic mass is 10.2.